The lowest BCUT2D eigenvalue weighted by atomic mass is 10.1. The van der Waals surface area contributed by atoms with Gasteiger partial charge in [0.1, 0.15) is 5.00 Å². The summed E-state index contributed by atoms with van der Waals surface area (Å²) in [5.41, 5.74) is 0.993. The molecule has 0 saturated heterocycles. The Morgan fingerprint density at radius 2 is 1.58 bits per heavy atom. The van der Waals surface area contributed by atoms with Gasteiger partial charge in [-0.1, -0.05) is 12.1 Å². The molecular weight excluding hydrogens is 332 g/mol. The number of Topliss-reactive ketones (excluding diaryl/α,β-unsaturated/α-hetero) is 1. The second-order valence-electron chi connectivity index (χ2n) is 4.70. The first-order valence-electron chi connectivity index (χ1n) is 6.81. The summed E-state index contributed by atoms with van der Waals surface area (Å²) in [6, 6.07) is 7.63. The van der Waals surface area contributed by atoms with Crippen molar-refractivity contribution < 1.29 is 23.9 Å². The van der Waals surface area contributed by atoms with Gasteiger partial charge in [-0.3, -0.25) is 19.7 Å². The number of carbonyl (C=O) groups excluding carboxylic acids is 4. The molecule has 0 aliphatic carbocycles. The lowest BCUT2D eigenvalue weighted by Crippen LogP contribution is -2.30. The molecule has 0 aliphatic heterocycles. The Kier molecular flexibility index (Phi) is 5.43. The molecule has 8 heteroatoms. The van der Waals surface area contributed by atoms with Gasteiger partial charge in [-0.2, -0.15) is 0 Å². The Balaban J connectivity index is 2.12. The zero-order valence-electron chi connectivity index (χ0n) is 12.9. The largest absolute Gasteiger partial charge is 0.453 e. The average molecular weight is 346 g/mol. The van der Waals surface area contributed by atoms with Crippen molar-refractivity contribution in [2.24, 2.45) is 0 Å². The summed E-state index contributed by atoms with van der Waals surface area (Å²) < 4.78 is 4.36. The van der Waals surface area contributed by atoms with E-state index in [1.54, 1.807) is 17.5 Å². The maximum Gasteiger partial charge on any atom is 0.413 e. The zero-order valence-corrected chi connectivity index (χ0v) is 13.7. The molecule has 2 aromatic rings. The number of amides is 3. The minimum Gasteiger partial charge on any atom is -0.453 e. The van der Waals surface area contributed by atoms with Crippen LogP contribution in [0.1, 0.15) is 38.0 Å². The fourth-order valence-corrected chi connectivity index (χ4v) is 2.61. The molecule has 2 N–H and O–H groups in total. The first kappa shape index (κ1) is 17.4. The SMILES string of the molecule is COC(=O)NC(=O)c1ccsc1NC(=O)c1ccc(C(C)=O)cc1. The van der Waals surface area contributed by atoms with E-state index in [-0.39, 0.29) is 11.3 Å². The van der Waals surface area contributed by atoms with Crippen molar-refractivity contribution in [3.05, 3.63) is 52.4 Å². The third kappa shape index (κ3) is 4.05. The smallest absolute Gasteiger partial charge is 0.413 e. The molecule has 0 spiro atoms. The lowest BCUT2D eigenvalue weighted by molar-refractivity contribution is 0.0937. The van der Waals surface area contributed by atoms with Gasteiger partial charge in [-0.15, -0.1) is 11.3 Å². The maximum atomic E-state index is 12.2. The number of ketones is 1. The molecule has 3 amide bonds. The maximum absolute atomic E-state index is 12.2. The normalized spacial score (nSPS) is 9.92. The first-order valence-corrected chi connectivity index (χ1v) is 7.69. The number of imide groups is 1. The van der Waals surface area contributed by atoms with Crippen LogP contribution in [0.2, 0.25) is 0 Å². The highest BCUT2D eigenvalue weighted by atomic mass is 32.1. The van der Waals surface area contributed by atoms with E-state index in [2.05, 4.69) is 10.1 Å². The van der Waals surface area contributed by atoms with E-state index in [0.29, 0.717) is 16.1 Å². The number of rotatable bonds is 4. The number of thiophene rings is 1. The summed E-state index contributed by atoms with van der Waals surface area (Å²) in [7, 11) is 1.14. The first-order chi connectivity index (χ1) is 11.4. The van der Waals surface area contributed by atoms with Gasteiger partial charge < -0.3 is 10.1 Å². The van der Waals surface area contributed by atoms with Crippen molar-refractivity contribution in [2.75, 3.05) is 12.4 Å². The van der Waals surface area contributed by atoms with Crippen LogP contribution in [0.5, 0.6) is 0 Å². The summed E-state index contributed by atoms with van der Waals surface area (Å²) in [5, 5.41) is 6.55. The van der Waals surface area contributed by atoms with Crippen molar-refractivity contribution in [3.8, 4) is 0 Å². The topological polar surface area (TPSA) is 102 Å². The molecule has 0 bridgehead atoms. The van der Waals surface area contributed by atoms with Crippen LogP contribution in [0.25, 0.3) is 0 Å². The van der Waals surface area contributed by atoms with Gasteiger partial charge in [0.15, 0.2) is 5.78 Å². The van der Waals surface area contributed by atoms with Crippen LogP contribution in [-0.4, -0.2) is 30.8 Å². The van der Waals surface area contributed by atoms with Crippen LogP contribution in [0.15, 0.2) is 35.7 Å². The molecule has 24 heavy (non-hydrogen) atoms. The summed E-state index contributed by atoms with van der Waals surface area (Å²) in [6.07, 6.45) is -0.886. The number of hydrogen-bond donors (Lipinski definition) is 2. The minimum absolute atomic E-state index is 0.0954. The van der Waals surface area contributed by atoms with Crippen LogP contribution in [0.4, 0.5) is 9.80 Å². The van der Waals surface area contributed by atoms with E-state index in [1.807, 2.05) is 5.32 Å². The van der Waals surface area contributed by atoms with E-state index >= 15 is 0 Å². The summed E-state index contributed by atoms with van der Waals surface area (Å²) in [5.74, 6) is -1.20. The molecule has 124 valence electrons. The number of nitrogens with one attached hydrogen (secondary N) is 2. The molecule has 1 heterocycles. The molecule has 0 atom stereocenters. The van der Waals surface area contributed by atoms with Crippen LogP contribution < -0.4 is 10.6 Å². The molecule has 0 radical (unpaired) electrons. The monoisotopic (exact) mass is 346 g/mol. The minimum atomic E-state index is -0.886. The van der Waals surface area contributed by atoms with Gasteiger partial charge in [0.2, 0.25) is 0 Å². The molecular formula is C16H14N2O5S. The number of methoxy groups -OCH3 is 1. The highest BCUT2D eigenvalue weighted by Gasteiger charge is 2.18. The number of hydrogen-bond acceptors (Lipinski definition) is 6. The van der Waals surface area contributed by atoms with Gasteiger partial charge >= 0.3 is 6.09 Å². The van der Waals surface area contributed by atoms with Gasteiger partial charge in [0.25, 0.3) is 11.8 Å². The van der Waals surface area contributed by atoms with E-state index in [1.165, 1.54) is 25.1 Å². The van der Waals surface area contributed by atoms with Crippen molar-refractivity contribution in [1.29, 1.82) is 0 Å². The number of benzene rings is 1. The van der Waals surface area contributed by atoms with Crippen LogP contribution in [-0.2, 0) is 4.74 Å². The molecule has 0 saturated carbocycles. The van der Waals surface area contributed by atoms with Crippen LogP contribution in [0, 0.1) is 0 Å². The highest BCUT2D eigenvalue weighted by Crippen LogP contribution is 2.24. The summed E-state index contributed by atoms with van der Waals surface area (Å²) in [4.78, 5) is 46.5. The van der Waals surface area contributed by atoms with Gasteiger partial charge in [-0.05, 0) is 30.5 Å². The van der Waals surface area contributed by atoms with E-state index < -0.39 is 17.9 Å². The summed E-state index contributed by atoms with van der Waals surface area (Å²) in [6.45, 7) is 1.44. The molecule has 7 nitrogen and oxygen atoms in total. The second-order valence-corrected chi connectivity index (χ2v) is 5.61. The van der Waals surface area contributed by atoms with Crippen molar-refractivity contribution in [1.82, 2.24) is 5.32 Å². The fraction of sp³-hybridized carbons (Fsp3) is 0.125. The van der Waals surface area contributed by atoms with E-state index in [0.717, 1.165) is 18.4 Å². The molecule has 0 fully saturated rings. The Labute approximate surface area is 141 Å². The average Bonchev–Trinajstić information content (AvgIpc) is 3.02. The fourth-order valence-electron chi connectivity index (χ4n) is 1.83. The van der Waals surface area contributed by atoms with Crippen LogP contribution in [0.3, 0.4) is 0 Å². The number of carbonyl (C=O) groups is 4. The van der Waals surface area contributed by atoms with Crippen molar-refractivity contribution >= 4 is 40.0 Å². The highest BCUT2D eigenvalue weighted by molar-refractivity contribution is 7.14. The molecule has 2 rings (SSSR count). The predicted octanol–water partition coefficient (Wildman–Crippen LogP) is 2.70. The molecule has 1 aromatic carbocycles. The zero-order chi connectivity index (χ0) is 17.7. The number of ether oxygens (including phenoxy) is 1. The quantitative estimate of drug-likeness (QED) is 0.829. The van der Waals surface area contributed by atoms with Crippen LogP contribution >= 0.6 is 11.3 Å². The Morgan fingerprint density at radius 1 is 0.958 bits per heavy atom. The number of anilines is 1. The lowest BCUT2D eigenvalue weighted by Gasteiger charge is -2.07. The third-order valence-corrected chi connectivity index (χ3v) is 3.92. The number of alkyl carbamates (subject to hydrolysis) is 1. The van der Waals surface area contributed by atoms with Gasteiger partial charge in [0, 0.05) is 11.1 Å². The summed E-state index contributed by atoms with van der Waals surface area (Å²) >= 11 is 1.14. The van der Waals surface area contributed by atoms with Gasteiger partial charge in [-0.25, -0.2) is 4.79 Å². The third-order valence-electron chi connectivity index (χ3n) is 3.09. The standard InChI is InChI=1S/C16H14N2O5S/c1-9(19)10-3-5-11(6-4-10)13(20)17-15-12(7-8-24-15)14(21)18-16(22)23-2/h3-8H,1-2H3,(H,17,20)(H,18,21,22). The second kappa shape index (κ2) is 7.51. The Morgan fingerprint density at radius 3 is 2.17 bits per heavy atom. The van der Waals surface area contributed by atoms with Crippen molar-refractivity contribution in [3.63, 3.8) is 0 Å². The molecule has 0 aliphatic rings. The van der Waals surface area contributed by atoms with Gasteiger partial charge in [0.05, 0.1) is 12.7 Å². The predicted molar refractivity (Wildman–Crippen MR) is 88.6 cm³/mol. The van der Waals surface area contributed by atoms with E-state index in [9.17, 15) is 19.2 Å². The molecule has 0 unspecified atom stereocenters. The molecule has 1 aromatic heterocycles. The van der Waals surface area contributed by atoms with E-state index in [4.69, 9.17) is 0 Å². The van der Waals surface area contributed by atoms with Crippen molar-refractivity contribution in [2.45, 2.75) is 6.92 Å². The Hall–Kier alpha value is -3.00. The Bertz CT molecular complexity index is 795.